The Kier molecular flexibility index (Phi) is 8.41. The van der Waals surface area contributed by atoms with Crippen molar-refractivity contribution >= 4 is 41.0 Å². The molecule has 0 aliphatic carbocycles. The van der Waals surface area contributed by atoms with Crippen molar-refractivity contribution in [1.82, 2.24) is 0 Å². The van der Waals surface area contributed by atoms with Crippen LogP contribution in [0.1, 0.15) is 23.1 Å². The van der Waals surface area contributed by atoms with Gasteiger partial charge in [-0.05, 0) is 53.8 Å². The van der Waals surface area contributed by atoms with Crippen LogP contribution in [0.25, 0.3) is 10.8 Å². The fraction of sp³-hybridized carbons (Fsp3) is 0.350. The second kappa shape index (κ2) is 10.8. The van der Waals surface area contributed by atoms with Crippen LogP contribution >= 0.6 is 11.8 Å². The van der Waals surface area contributed by atoms with Gasteiger partial charge in [0.25, 0.3) is 0 Å². The zero-order chi connectivity index (χ0) is 20.5. The molecule has 0 heterocycles. The number of halogens is 1. The number of hydrogen-bond acceptors (Lipinski definition) is 4. The summed E-state index contributed by atoms with van der Waals surface area (Å²) in [5, 5.41) is 12.5. The molecule has 0 aromatic heterocycles. The number of guanidine groups is 1. The van der Waals surface area contributed by atoms with Gasteiger partial charge in [-0.2, -0.15) is 4.99 Å². The summed E-state index contributed by atoms with van der Waals surface area (Å²) in [4.78, 5) is 12.3. The number of amidine groups is 1. The Balaban J connectivity index is 2.63. The van der Waals surface area contributed by atoms with E-state index in [4.69, 9.17) is 10.5 Å². The van der Waals surface area contributed by atoms with Crippen LogP contribution in [0.2, 0.25) is 0 Å². The van der Waals surface area contributed by atoms with Crippen molar-refractivity contribution in [3.8, 4) is 5.75 Å². The minimum atomic E-state index is -0.360. The molecular formula is C20H25FN4O2S. The number of nitrogens with zero attached hydrogens (tertiary/aromatic N) is 3. The number of alkyl halides is 1. The number of thioether (sulfide) groups is 1. The number of benzene rings is 2. The highest BCUT2D eigenvalue weighted by Crippen LogP contribution is 2.34. The molecule has 2 rings (SSSR count). The molecule has 0 saturated heterocycles. The Morgan fingerprint density at radius 1 is 1.39 bits per heavy atom. The Bertz CT molecular complexity index is 899. The standard InChI is InChI=1S/C20H25FN4O2S/c1-13-6-4-7-15-17(13)14(11-27-3)10-16(26)18(15)19(25-20(22)23-2)24-12-28-9-5-8-21/h4,6-7,10,26H,2,5,8-9,11-12H2,1,3H3,(H2,22,24,25). The quantitative estimate of drug-likeness (QED) is 0.397. The maximum Gasteiger partial charge on any atom is 0.221 e. The van der Waals surface area contributed by atoms with E-state index < -0.39 is 0 Å². The first-order chi connectivity index (χ1) is 13.5. The summed E-state index contributed by atoms with van der Waals surface area (Å²) in [6, 6.07) is 7.46. The minimum absolute atomic E-state index is 0.0262. The minimum Gasteiger partial charge on any atom is -0.507 e. The molecule has 0 amide bonds. The van der Waals surface area contributed by atoms with Gasteiger partial charge < -0.3 is 15.6 Å². The number of ether oxygens (including phenoxy) is 1. The van der Waals surface area contributed by atoms with E-state index >= 15 is 0 Å². The lowest BCUT2D eigenvalue weighted by Crippen LogP contribution is -2.13. The molecule has 8 heteroatoms. The van der Waals surface area contributed by atoms with Crippen molar-refractivity contribution in [3.05, 3.63) is 41.0 Å². The van der Waals surface area contributed by atoms with Crippen molar-refractivity contribution in [2.24, 2.45) is 20.7 Å². The van der Waals surface area contributed by atoms with E-state index in [1.54, 1.807) is 13.2 Å². The monoisotopic (exact) mass is 404 g/mol. The highest BCUT2D eigenvalue weighted by Gasteiger charge is 2.18. The molecule has 6 nitrogen and oxygen atoms in total. The molecule has 0 aliphatic rings. The summed E-state index contributed by atoms with van der Waals surface area (Å²) < 4.78 is 17.6. The van der Waals surface area contributed by atoms with E-state index in [0.717, 1.165) is 21.9 Å². The third-order valence-electron chi connectivity index (χ3n) is 4.06. The molecular weight excluding hydrogens is 379 g/mol. The van der Waals surface area contributed by atoms with Gasteiger partial charge in [0.05, 0.1) is 24.7 Å². The van der Waals surface area contributed by atoms with Crippen LogP contribution < -0.4 is 5.73 Å². The number of phenols is 1. The highest BCUT2D eigenvalue weighted by molar-refractivity contribution is 7.99. The molecule has 150 valence electrons. The normalized spacial score (nSPS) is 12.5. The molecule has 0 radical (unpaired) electrons. The number of hydrogen-bond donors (Lipinski definition) is 2. The third-order valence-corrected chi connectivity index (χ3v) is 4.95. The highest BCUT2D eigenvalue weighted by atomic mass is 32.2. The molecule has 3 N–H and O–H groups in total. The first-order valence-electron chi connectivity index (χ1n) is 8.76. The van der Waals surface area contributed by atoms with Crippen molar-refractivity contribution in [2.75, 3.05) is 25.4 Å². The summed E-state index contributed by atoms with van der Waals surface area (Å²) in [6.07, 6.45) is 0.466. The van der Waals surface area contributed by atoms with Gasteiger partial charge in [-0.3, -0.25) is 9.38 Å². The number of methoxy groups -OCH3 is 1. The largest absolute Gasteiger partial charge is 0.507 e. The van der Waals surface area contributed by atoms with E-state index in [9.17, 15) is 9.50 Å². The average Bonchev–Trinajstić information content (AvgIpc) is 2.67. The van der Waals surface area contributed by atoms with Crippen LogP contribution in [0.15, 0.2) is 39.2 Å². The van der Waals surface area contributed by atoms with Crippen molar-refractivity contribution in [3.63, 3.8) is 0 Å². The topological polar surface area (TPSA) is 92.6 Å². The third kappa shape index (κ3) is 5.30. The van der Waals surface area contributed by atoms with E-state index in [1.165, 1.54) is 11.8 Å². The van der Waals surface area contributed by atoms with Gasteiger partial charge in [0, 0.05) is 7.11 Å². The maximum absolute atomic E-state index is 12.3. The van der Waals surface area contributed by atoms with Gasteiger partial charge in [0.1, 0.15) is 5.75 Å². The van der Waals surface area contributed by atoms with E-state index in [1.807, 2.05) is 25.1 Å². The number of aryl methyl sites for hydroxylation is 1. The van der Waals surface area contributed by atoms with Gasteiger partial charge in [0.15, 0.2) is 5.84 Å². The summed E-state index contributed by atoms with van der Waals surface area (Å²) in [7, 11) is 1.61. The second-order valence-electron chi connectivity index (χ2n) is 6.05. The summed E-state index contributed by atoms with van der Waals surface area (Å²) >= 11 is 1.48. The summed E-state index contributed by atoms with van der Waals surface area (Å²) in [5.74, 6) is 1.24. The molecule has 0 aliphatic heterocycles. The molecule has 28 heavy (non-hydrogen) atoms. The van der Waals surface area contributed by atoms with Crippen molar-refractivity contribution in [2.45, 2.75) is 20.0 Å². The van der Waals surface area contributed by atoms with Gasteiger partial charge in [-0.1, -0.05) is 18.2 Å². The van der Waals surface area contributed by atoms with E-state index in [0.29, 0.717) is 30.2 Å². The maximum atomic E-state index is 12.3. The fourth-order valence-corrected chi connectivity index (χ4v) is 3.55. The van der Waals surface area contributed by atoms with Crippen LogP contribution in [0, 0.1) is 6.92 Å². The first-order valence-corrected chi connectivity index (χ1v) is 9.91. The molecule has 0 fully saturated rings. The van der Waals surface area contributed by atoms with Crippen molar-refractivity contribution in [1.29, 1.82) is 0 Å². The summed E-state index contributed by atoms with van der Waals surface area (Å²) in [5.41, 5.74) is 8.13. The van der Waals surface area contributed by atoms with E-state index in [2.05, 4.69) is 21.7 Å². The van der Waals surface area contributed by atoms with Crippen LogP contribution in [-0.2, 0) is 11.3 Å². The lowest BCUT2D eigenvalue weighted by atomic mass is 9.95. The number of nitrogens with two attached hydrogens (primary N) is 1. The molecule has 0 saturated carbocycles. The Hall–Kier alpha value is -2.45. The molecule has 2 aromatic carbocycles. The van der Waals surface area contributed by atoms with Gasteiger partial charge >= 0.3 is 0 Å². The number of aliphatic imine (C=N–C) groups is 3. The van der Waals surface area contributed by atoms with Crippen LogP contribution in [0.4, 0.5) is 4.39 Å². The first kappa shape index (κ1) is 21.8. The number of aromatic hydroxyl groups is 1. The second-order valence-corrected chi connectivity index (χ2v) is 7.12. The Morgan fingerprint density at radius 2 is 2.18 bits per heavy atom. The number of rotatable bonds is 8. The Labute approximate surface area is 168 Å². The van der Waals surface area contributed by atoms with Gasteiger partial charge in [-0.25, -0.2) is 4.99 Å². The predicted octanol–water partition coefficient (Wildman–Crippen LogP) is 3.81. The Morgan fingerprint density at radius 3 is 2.86 bits per heavy atom. The smallest absolute Gasteiger partial charge is 0.221 e. The molecule has 0 spiro atoms. The SMILES string of the molecule is C=NC(N)=N/C(=N\CSCCCF)c1c(O)cc(COC)c2c(C)cccc12. The van der Waals surface area contributed by atoms with Crippen LogP contribution in [0.3, 0.4) is 0 Å². The van der Waals surface area contributed by atoms with Gasteiger partial charge in [-0.15, -0.1) is 11.8 Å². The number of phenolic OH excluding ortho intramolecular Hbond substituents is 1. The lowest BCUT2D eigenvalue weighted by molar-refractivity contribution is 0.185. The predicted molar refractivity (Wildman–Crippen MR) is 117 cm³/mol. The number of fused-ring (bicyclic) bond motifs is 1. The molecule has 2 aromatic rings. The zero-order valence-electron chi connectivity index (χ0n) is 16.1. The van der Waals surface area contributed by atoms with E-state index in [-0.39, 0.29) is 24.2 Å². The fourth-order valence-electron chi connectivity index (χ4n) is 2.90. The summed E-state index contributed by atoms with van der Waals surface area (Å²) in [6.45, 7) is 5.37. The van der Waals surface area contributed by atoms with Crippen LogP contribution in [0.5, 0.6) is 5.75 Å². The molecule has 0 unspecified atom stereocenters. The zero-order valence-corrected chi connectivity index (χ0v) is 16.9. The van der Waals surface area contributed by atoms with Crippen LogP contribution in [-0.4, -0.2) is 49.0 Å². The van der Waals surface area contributed by atoms with Crippen molar-refractivity contribution < 1.29 is 14.2 Å². The molecule has 0 atom stereocenters. The molecule has 0 bridgehead atoms. The lowest BCUT2D eigenvalue weighted by Gasteiger charge is -2.15. The van der Waals surface area contributed by atoms with Gasteiger partial charge in [0.2, 0.25) is 5.96 Å². The average molecular weight is 405 g/mol.